The molecule has 0 heterocycles. The van der Waals surface area contributed by atoms with Gasteiger partial charge in [-0.15, -0.1) is 0 Å². The molecule has 0 fully saturated rings. The quantitative estimate of drug-likeness (QED) is 0.244. The zero-order valence-electron chi connectivity index (χ0n) is 15.3. The fourth-order valence-corrected chi connectivity index (χ4v) is 3.01. The summed E-state index contributed by atoms with van der Waals surface area (Å²) < 4.78 is 0. The van der Waals surface area contributed by atoms with Crippen LogP contribution in [-0.2, 0) is 20.8 Å². The number of hydrogen-bond donors (Lipinski definition) is 4. The molecule has 2 unspecified atom stereocenters. The van der Waals surface area contributed by atoms with E-state index in [0.717, 1.165) is 16.7 Å². The lowest BCUT2D eigenvalue weighted by atomic mass is 9.95. The van der Waals surface area contributed by atoms with Crippen LogP contribution in [0.15, 0.2) is 48.5 Å². The van der Waals surface area contributed by atoms with E-state index in [2.05, 4.69) is 5.32 Å². The largest absolute Gasteiger partial charge is 0.481 e. The maximum atomic E-state index is 11.8. The van der Waals surface area contributed by atoms with Gasteiger partial charge in [-0.2, -0.15) is 0 Å². The Morgan fingerprint density at radius 2 is 1.75 bits per heavy atom. The number of aliphatic carboxylic acids is 1. The zero-order valence-corrected chi connectivity index (χ0v) is 16.1. The van der Waals surface area contributed by atoms with Crippen molar-refractivity contribution in [3.63, 3.8) is 0 Å². The van der Waals surface area contributed by atoms with Crippen LogP contribution in [-0.4, -0.2) is 28.9 Å². The lowest BCUT2D eigenvalue weighted by molar-refractivity contribution is -0.142. The van der Waals surface area contributed by atoms with E-state index in [1.54, 1.807) is 18.4 Å². The Morgan fingerprint density at radius 3 is 2.32 bits per heavy atom. The van der Waals surface area contributed by atoms with E-state index in [1.807, 2.05) is 42.5 Å². The normalized spacial score (nSPS) is 12.7. The van der Waals surface area contributed by atoms with Gasteiger partial charge in [-0.3, -0.25) is 19.8 Å². The lowest BCUT2D eigenvalue weighted by Crippen LogP contribution is -2.48. The van der Waals surface area contributed by atoms with Crippen molar-refractivity contribution in [1.29, 1.82) is 0 Å². The van der Waals surface area contributed by atoms with Crippen LogP contribution in [0.1, 0.15) is 18.9 Å². The van der Waals surface area contributed by atoms with E-state index in [-0.39, 0.29) is 6.42 Å². The molecular weight excluding hydrogens is 382 g/mol. The van der Waals surface area contributed by atoms with E-state index in [4.69, 9.17) is 22.6 Å². The highest BCUT2D eigenvalue weighted by molar-refractivity contribution is 6.35. The SMILES string of the molecule is CC(CC(Cc1ccc(-c2cccc(Cl)c2)cc1)NC(=O)C(=O)NN)C(=O)O. The first-order chi connectivity index (χ1) is 13.3. The van der Waals surface area contributed by atoms with Crippen molar-refractivity contribution < 1.29 is 19.5 Å². The highest BCUT2D eigenvalue weighted by atomic mass is 35.5. The van der Waals surface area contributed by atoms with Gasteiger partial charge < -0.3 is 10.4 Å². The Bertz CT molecular complexity index is 855. The molecule has 2 atom stereocenters. The average molecular weight is 404 g/mol. The molecule has 0 spiro atoms. The summed E-state index contributed by atoms with van der Waals surface area (Å²) in [5.41, 5.74) is 4.61. The van der Waals surface area contributed by atoms with Crippen molar-refractivity contribution >= 4 is 29.4 Å². The van der Waals surface area contributed by atoms with E-state index >= 15 is 0 Å². The second-order valence-electron chi connectivity index (χ2n) is 6.53. The molecule has 2 aromatic rings. The minimum Gasteiger partial charge on any atom is -0.481 e. The molecule has 0 radical (unpaired) electrons. The van der Waals surface area contributed by atoms with Gasteiger partial charge in [0.15, 0.2) is 0 Å². The molecule has 148 valence electrons. The summed E-state index contributed by atoms with van der Waals surface area (Å²) in [6.45, 7) is 1.55. The molecule has 0 aliphatic carbocycles. The van der Waals surface area contributed by atoms with Gasteiger partial charge in [0.2, 0.25) is 0 Å². The number of rotatable bonds is 7. The van der Waals surface area contributed by atoms with Gasteiger partial charge >= 0.3 is 17.8 Å². The van der Waals surface area contributed by atoms with Crippen molar-refractivity contribution in [2.75, 3.05) is 0 Å². The number of carboxylic acid groups (broad SMARTS) is 1. The van der Waals surface area contributed by atoms with Crippen molar-refractivity contribution in [2.24, 2.45) is 11.8 Å². The second kappa shape index (κ2) is 9.87. The number of nitrogens with one attached hydrogen (secondary N) is 2. The lowest BCUT2D eigenvalue weighted by Gasteiger charge is -2.20. The molecule has 2 rings (SSSR count). The smallest absolute Gasteiger partial charge is 0.323 e. The van der Waals surface area contributed by atoms with Crippen LogP contribution in [0, 0.1) is 5.92 Å². The van der Waals surface area contributed by atoms with Crippen LogP contribution in [0.4, 0.5) is 0 Å². The van der Waals surface area contributed by atoms with Gasteiger partial charge in [0.1, 0.15) is 0 Å². The third kappa shape index (κ3) is 6.07. The van der Waals surface area contributed by atoms with Crippen molar-refractivity contribution in [3.05, 3.63) is 59.1 Å². The summed E-state index contributed by atoms with van der Waals surface area (Å²) in [6, 6.07) is 14.6. The van der Waals surface area contributed by atoms with Gasteiger partial charge in [0.25, 0.3) is 0 Å². The molecule has 0 aromatic heterocycles. The highest BCUT2D eigenvalue weighted by Gasteiger charge is 2.23. The van der Waals surface area contributed by atoms with Crippen LogP contribution in [0.5, 0.6) is 0 Å². The standard InChI is InChI=1S/C20H22ClN3O4/c1-12(20(27)28)9-17(23-18(25)19(26)24-22)10-13-5-7-14(8-6-13)15-3-2-4-16(21)11-15/h2-8,11-12,17H,9-10,22H2,1H3,(H,23,25)(H,24,26)(H,27,28). The van der Waals surface area contributed by atoms with Crippen molar-refractivity contribution in [2.45, 2.75) is 25.8 Å². The van der Waals surface area contributed by atoms with E-state index in [0.29, 0.717) is 11.4 Å². The average Bonchev–Trinajstić information content (AvgIpc) is 2.67. The minimum absolute atomic E-state index is 0.176. The summed E-state index contributed by atoms with van der Waals surface area (Å²) in [4.78, 5) is 34.4. The molecule has 8 heteroatoms. The first-order valence-corrected chi connectivity index (χ1v) is 9.07. The number of amides is 2. The molecule has 2 amide bonds. The van der Waals surface area contributed by atoms with Gasteiger partial charge in [-0.05, 0) is 41.7 Å². The molecule has 2 aromatic carbocycles. The Hall–Kier alpha value is -2.90. The predicted molar refractivity (Wildman–Crippen MR) is 106 cm³/mol. The fraction of sp³-hybridized carbons (Fsp3) is 0.250. The molecule has 0 aliphatic heterocycles. The van der Waals surface area contributed by atoms with Crippen LogP contribution < -0.4 is 16.6 Å². The topological polar surface area (TPSA) is 122 Å². The molecular formula is C20H22ClN3O4. The number of carboxylic acids is 1. The summed E-state index contributed by atoms with van der Waals surface area (Å²) in [5.74, 6) is 1.43. The Balaban J connectivity index is 2.14. The molecule has 7 nitrogen and oxygen atoms in total. The number of nitrogens with two attached hydrogens (primary N) is 1. The van der Waals surface area contributed by atoms with Crippen LogP contribution in [0.2, 0.25) is 5.02 Å². The minimum atomic E-state index is -0.982. The Morgan fingerprint density at radius 1 is 1.07 bits per heavy atom. The Kier molecular flexibility index (Phi) is 7.54. The summed E-state index contributed by atoms with van der Waals surface area (Å²) in [6.07, 6.45) is 0.548. The van der Waals surface area contributed by atoms with Crippen LogP contribution >= 0.6 is 11.6 Å². The molecule has 0 saturated carbocycles. The third-order valence-corrected chi connectivity index (χ3v) is 4.56. The zero-order chi connectivity index (χ0) is 20.7. The number of hydrogen-bond acceptors (Lipinski definition) is 4. The van der Waals surface area contributed by atoms with Gasteiger partial charge in [-0.1, -0.05) is 54.9 Å². The summed E-state index contributed by atoms with van der Waals surface area (Å²) in [7, 11) is 0. The fourth-order valence-electron chi connectivity index (χ4n) is 2.82. The van der Waals surface area contributed by atoms with Gasteiger partial charge in [0, 0.05) is 11.1 Å². The number of benzene rings is 2. The number of hydrazine groups is 1. The van der Waals surface area contributed by atoms with E-state index in [1.165, 1.54) is 0 Å². The third-order valence-electron chi connectivity index (χ3n) is 4.33. The Labute approximate surface area is 167 Å². The van der Waals surface area contributed by atoms with E-state index < -0.39 is 29.7 Å². The van der Waals surface area contributed by atoms with E-state index in [9.17, 15) is 14.4 Å². The molecule has 0 bridgehead atoms. The summed E-state index contributed by atoms with van der Waals surface area (Å²) >= 11 is 6.03. The van der Waals surface area contributed by atoms with Crippen molar-refractivity contribution in [1.82, 2.24) is 10.7 Å². The number of carbonyl (C=O) groups excluding carboxylic acids is 2. The number of carbonyl (C=O) groups is 3. The maximum Gasteiger partial charge on any atom is 0.323 e. The van der Waals surface area contributed by atoms with Gasteiger partial charge in [-0.25, -0.2) is 5.84 Å². The summed E-state index contributed by atoms with van der Waals surface area (Å²) in [5, 5.41) is 12.3. The first-order valence-electron chi connectivity index (χ1n) is 8.69. The predicted octanol–water partition coefficient (Wildman–Crippen LogP) is 2.13. The van der Waals surface area contributed by atoms with Gasteiger partial charge in [0.05, 0.1) is 5.92 Å². The van der Waals surface area contributed by atoms with Crippen LogP contribution in [0.3, 0.4) is 0 Å². The molecule has 0 saturated heterocycles. The molecule has 0 aliphatic rings. The molecule has 28 heavy (non-hydrogen) atoms. The van der Waals surface area contributed by atoms with Crippen molar-refractivity contribution in [3.8, 4) is 11.1 Å². The van der Waals surface area contributed by atoms with Crippen LogP contribution in [0.25, 0.3) is 11.1 Å². The monoisotopic (exact) mass is 403 g/mol. The second-order valence-corrected chi connectivity index (χ2v) is 6.97. The molecule has 5 N–H and O–H groups in total. The first kappa shape index (κ1) is 21.4. The number of halogens is 1. The highest BCUT2D eigenvalue weighted by Crippen LogP contribution is 2.23. The maximum absolute atomic E-state index is 11.8.